The van der Waals surface area contributed by atoms with Crippen LogP contribution in [0.4, 0.5) is 0 Å². The van der Waals surface area contributed by atoms with Gasteiger partial charge in [0.15, 0.2) is 5.96 Å². The van der Waals surface area contributed by atoms with Crippen LogP contribution in [0.2, 0.25) is 0 Å². The highest BCUT2D eigenvalue weighted by Gasteiger charge is 2.15. The molecule has 29 heavy (non-hydrogen) atoms. The van der Waals surface area contributed by atoms with Crippen molar-refractivity contribution >= 4 is 35.8 Å². The molecule has 0 aromatic carbocycles. The largest absolute Gasteiger partial charge is 0.496 e. The molecule has 0 radical (unpaired) electrons. The van der Waals surface area contributed by atoms with E-state index in [4.69, 9.17) is 4.74 Å². The van der Waals surface area contributed by atoms with Crippen LogP contribution in [0.15, 0.2) is 11.2 Å². The topological polar surface area (TPSA) is 78.9 Å². The first-order chi connectivity index (χ1) is 13.6. The van der Waals surface area contributed by atoms with E-state index in [0.29, 0.717) is 18.9 Å². The third-order valence-electron chi connectivity index (χ3n) is 5.05. The fourth-order valence-electron chi connectivity index (χ4n) is 3.48. The average Bonchev–Trinajstić information content (AvgIpc) is 2.89. The van der Waals surface area contributed by atoms with E-state index >= 15 is 0 Å². The molecular formula is C21H36IN5O2. The van der Waals surface area contributed by atoms with Crippen molar-refractivity contribution < 1.29 is 9.53 Å². The van der Waals surface area contributed by atoms with E-state index in [1.54, 1.807) is 7.11 Å². The number of hydrogen-bond acceptors (Lipinski definition) is 4. The quantitative estimate of drug-likeness (QED) is 0.240. The summed E-state index contributed by atoms with van der Waals surface area (Å²) in [6, 6.07) is 0. The molecule has 1 saturated heterocycles. The van der Waals surface area contributed by atoms with Gasteiger partial charge in [0.1, 0.15) is 5.75 Å². The fourth-order valence-corrected chi connectivity index (χ4v) is 3.48. The van der Waals surface area contributed by atoms with Crippen molar-refractivity contribution in [1.82, 2.24) is 20.5 Å². The van der Waals surface area contributed by atoms with Crippen LogP contribution in [0.5, 0.6) is 5.75 Å². The number of likely N-dealkylation sites (tertiary alicyclic amines) is 1. The summed E-state index contributed by atoms with van der Waals surface area (Å²) in [6.45, 7) is 9.82. The van der Waals surface area contributed by atoms with Gasteiger partial charge in [-0.3, -0.25) is 9.78 Å². The number of nitrogens with zero attached hydrogens (tertiary/aromatic N) is 3. The van der Waals surface area contributed by atoms with Crippen LogP contribution in [0.1, 0.15) is 55.8 Å². The van der Waals surface area contributed by atoms with Crippen LogP contribution in [0, 0.1) is 13.8 Å². The number of carbonyl (C=O) groups excluding carboxylic acids is 1. The maximum atomic E-state index is 12.1. The van der Waals surface area contributed by atoms with Gasteiger partial charge in [-0.25, -0.2) is 4.99 Å². The molecule has 0 aliphatic carbocycles. The van der Waals surface area contributed by atoms with Crippen molar-refractivity contribution in [3.05, 3.63) is 23.0 Å². The summed E-state index contributed by atoms with van der Waals surface area (Å²) < 4.78 is 5.47. The maximum Gasteiger partial charge on any atom is 0.222 e. The van der Waals surface area contributed by atoms with Gasteiger partial charge in [0.2, 0.25) is 5.91 Å². The zero-order chi connectivity index (χ0) is 20.4. The molecule has 0 saturated carbocycles. The Morgan fingerprint density at radius 2 is 2.07 bits per heavy atom. The normalized spacial score (nSPS) is 14.8. The molecule has 1 aromatic rings. The zero-order valence-electron chi connectivity index (χ0n) is 18.2. The Kier molecular flexibility index (Phi) is 11.9. The molecule has 2 rings (SSSR count). The van der Waals surface area contributed by atoms with Gasteiger partial charge >= 0.3 is 0 Å². The van der Waals surface area contributed by atoms with Gasteiger partial charge in [0.05, 0.1) is 19.3 Å². The molecule has 1 fully saturated rings. The molecule has 2 heterocycles. The molecule has 7 nitrogen and oxygen atoms in total. The van der Waals surface area contributed by atoms with E-state index in [0.717, 1.165) is 80.4 Å². The van der Waals surface area contributed by atoms with Crippen molar-refractivity contribution in [3.63, 3.8) is 0 Å². The lowest BCUT2D eigenvalue weighted by molar-refractivity contribution is -0.130. The van der Waals surface area contributed by atoms with Gasteiger partial charge in [-0.2, -0.15) is 0 Å². The summed E-state index contributed by atoms with van der Waals surface area (Å²) in [5, 5.41) is 6.63. The number of methoxy groups -OCH3 is 1. The highest BCUT2D eigenvalue weighted by atomic mass is 127. The summed E-state index contributed by atoms with van der Waals surface area (Å²) in [5.41, 5.74) is 2.97. The summed E-state index contributed by atoms with van der Waals surface area (Å²) in [7, 11) is 1.68. The van der Waals surface area contributed by atoms with Gasteiger partial charge in [-0.15, -0.1) is 24.0 Å². The summed E-state index contributed by atoms with van der Waals surface area (Å²) in [4.78, 5) is 23.2. The third-order valence-corrected chi connectivity index (χ3v) is 5.05. The van der Waals surface area contributed by atoms with E-state index in [1.807, 2.05) is 31.9 Å². The van der Waals surface area contributed by atoms with E-state index in [2.05, 4.69) is 20.6 Å². The number of aryl methyl sites for hydroxylation is 1. The minimum Gasteiger partial charge on any atom is -0.496 e. The van der Waals surface area contributed by atoms with Crippen LogP contribution in [0.3, 0.4) is 0 Å². The molecule has 1 aromatic heterocycles. The van der Waals surface area contributed by atoms with Crippen LogP contribution in [-0.4, -0.2) is 55.0 Å². The molecule has 0 spiro atoms. The first-order valence-corrected chi connectivity index (χ1v) is 10.4. The Bertz CT molecular complexity index is 681. The fraction of sp³-hybridized carbons (Fsp3) is 0.667. The van der Waals surface area contributed by atoms with Gasteiger partial charge in [-0.1, -0.05) is 6.42 Å². The second-order valence-corrected chi connectivity index (χ2v) is 7.21. The first-order valence-electron chi connectivity index (χ1n) is 10.4. The van der Waals surface area contributed by atoms with Gasteiger partial charge in [0, 0.05) is 49.9 Å². The predicted molar refractivity (Wildman–Crippen MR) is 128 cm³/mol. The number of amides is 1. The average molecular weight is 517 g/mol. The monoisotopic (exact) mass is 517 g/mol. The Labute approximate surface area is 192 Å². The second kappa shape index (κ2) is 13.6. The smallest absolute Gasteiger partial charge is 0.222 e. The van der Waals surface area contributed by atoms with Gasteiger partial charge in [0.25, 0.3) is 0 Å². The zero-order valence-corrected chi connectivity index (χ0v) is 20.5. The first kappa shape index (κ1) is 25.5. The van der Waals surface area contributed by atoms with Crippen LogP contribution in [0.25, 0.3) is 0 Å². The highest BCUT2D eigenvalue weighted by Crippen LogP contribution is 2.24. The van der Waals surface area contributed by atoms with Crippen molar-refractivity contribution in [2.75, 3.05) is 33.3 Å². The Morgan fingerprint density at radius 1 is 1.28 bits per heavy atom. The van der Waals surface area contributed by atoms with Crippen molar-refractivity contribution in [2.24, 2.45) is 4.99 Å². The minimum absolute atomic E-state index is 0. The second-order valence-electron chi connectivity index (χ2n) is 7.21. The highest BCUT2D eigenvalue weighted by molar-refractivity contribution is 14.0. The number of hydrogen-bond donors (Lipinski definition) is 2. The molecular weight excluding hydrogens is 481 g/mol. The van der Waals surface area contributed by atoms with Crippen LogP contribution >= 0.6 is 24.0 Å². The maximum absolute atomic E-state index is 12.1. The number of aliphatic imine (C=N–C) groups is 1. The summed E-state index contributed by atoms with van der Waals surface area (Å²) >= 11 is 0. The number of halogens is 1. The lowest BCUT2D eigenvalue weighted by atomic mass is 10.1. The summed E-state index contributed by atoms with van der Waals surface area (Å²) in [5.74, 6) is 1.94. The molecule has 1 amide bonds. The van der Waals surface area contributed by atoms with Crippen LogP contribution < -0.4 is 15.4 Å². The number of guanidine groups is 1. The van der Waals surface area contributed by atoms with E-state index in [9.17, 15) is 4.79 Å². The Morgan fingerprint density at radius 3 is 2.79 bits per heavy atom. The number of ether oxygens (including phenoxy) is 1. The van der Waals surface area contributed by atoms with Crippen molar-refractivity contribution in [2.45, 2.75) is 59.4 Å². The SMILES string of the molecule is CCNC(=NCc1ncc(C)c(OC)c1C)NCCCN1CCCCCC1=O.I. The van der Waals surface area contributed by atoms with E-state index in [-0.39, 0.29) is 24.0 Å². The molecule has 2 N–H and O–H groups in total. The Balaban J connectivity index is 0.00000420. The number of pyridine rings is 1. The molecule has 0 unspecified atom stereocenters. The molecule has 164 valence electrons. The number of nitrogens with one attached hydrogen (secondary N) is 2. The molecule has 1 aliphatic heterocycles. The van der Waals surface area contributed by atoms with Crippen LogP contribution in [-0.2, 0) is 11.3 Å². The standard InChI is InChI=1S/C21H35N5O2.HI/c1-5-22-21(23-11-9-13-26-12-8-6-7-10-19(26)27)25-15-18-17(3)20(28-4)16(2)14-24-18;/h14H,5-13,15H2,1-4H3,(H2,22,23,25);1H. The van der Waals surface area contributed by atoms with Gasteiger partial charge < -0.3 is 20.3 Å². The van der Waals surface area contributed by atoms with Crippen molar-refractivity contribution in [1.29, 1.82) is 0 Å². The lowest BCUT2D eigenvalue weighted by Crippen LogP contribution is -2.39. The molecule has 0 bridgehead atoms. The number of aromatic nitrogens is 1. The lowest BCUT2D eigenvalue weighted by Gasteiger charge is -2.20. The summed E-state index contributed by atoms with van der Waals surface area (Å²) in [6.07, 6.45) is 6.75. The van der Waals surface area contributed by atoms with Gasteiger partial charge in [-0.05, 0) is 40.0 Å². The van der Waals surface area contributed by atoms with Crippen molar-refractivity contribution in [3.8, 4) is 5.75 Å². The Hall–Kier alpha value is -1.58. The number of carbonyl (C=O) groups is 1. The minimum atomic E-state index is 0. The molecule has 1 aliphatic rings. The van der Waals surface area contributed by atoms with E-state index < -0.39 is 0 Å². The van der Waals surface area contributed by atoms with E-state index in [1.165, 1.54) is 0 Å². The predicted octanol–water partition coefficient (Wildman–Crippen LogP) is 3.17. The molecule has 0 atom stereocenters. The molecule has 8 heteroatoms. The number of rotatable bonds is 8. The third kappa shape index (κ3) is 7.98.